The third-order valence-corrected chi connectivity index (χ3v) is 6.03. The van der Waals surface area contributed by atoms with Crippen LogP contribution in [0.3, 0.4) is 0 Å². The van der Waals surface area contributed by atoms with Gasteiger partial charge in [0.2, 0.25) is 5.91 Å². The van der Waals surface area contributed by atoms with E-state index in [2.05, 4.69) is 5.32 Å². The highest BCUT2D eigenvalue weighted by atomic mass is 35.5. The van der Waals surface area contributed by atoms with Crippen LogP contribution in [0.2, 0.25) is 5.02 Å². The third kappa shape index (κ3) is 5.84. The molecular formula is C25H18ClFN2O4S. The minimum atomic E-state index is -0.554. The van der Waals surface area contributed by atoms with E-state index in [9.17, 15) is 18.8 Å². The summed E-state index contributed by atoms with van der Waals surface area (Å²) in [5.41, 5.74) is 1.86. The van der Waals surface area contributed by atoms with Crippen molar-refractivity contribution in [3.05, 3.63) is 99.7 Å². The van der Waals surface area contributed by atoms with Crippen molar-refractivity contribution in [2.24, 2.45) is 0 Å². The number of amides is 3. The van der Waals surface area contributed by atoms with Crippen molar-refractivity contribution in [3.8, 4) is 5.75 Å². The maximum Gasteiger partial charge on any atom is 0.294 e. The Morgan fingerprint density at radius 2 is 1.82 bits per heavy atom. The van der Waals surface area contributed by atoms with E-state index in [1.165, 1.54) is 12.1 Å². The van der Waals surface area contributed by atoms with Crippen LogP contribution >= 0.6 is 23.4 Å². The molecule has 6 nitrogen and oxygen atoms in total. The van der Waals surface area contributed by atoms with Gasteiger partial charge in [-0.1, -0.05) is 48.0 Å². The van der Waals surface area contributed by atoms with Crippen molar-refractivity contribution in [2.75, 3.05) is 11.9 Å². The molecule has 0 bridgehead atoms. The highest BCUT2D eigenvalue weighted by molar-refractivity contribution is 8.18. The number of nitrogens with one attached hydrogen (secondary N) is 1. The van der Waals surface area contributed by atoms with Crippen LogP contribution in [-0.2, 0) is 16.2 Å². The second-order valence-corrected chi connectivity index (χ2v) is 8.68. The molecule has 3 aromatic rings. The van der Waals surface area contributed by atoms with Crippen molar-refractivity contribution in [3.63, 3.8) is 0 Å². The fourth-order valence-corrected chi connectivity index (χ4v) is 4.15. The van der Waals surface area contributed by atoms with Gasteiger partial charge in [-0.15, -0.1) is 0 Å². The zero-order chi connectivity index (χ0) is 24.1. The Hall–Kier alpha value is -3.62. The van der Waals surface area contributed by atoms with E-state index < -0.39 is 23.6 Å². The zero-order valence-electron chi connectivity index (χ0n) is 17.7. The van der Waals surface area contributed by atoms with Crippen molar-refractivity contribution >= 4 is 52.2 Å². The fourth-order valence-electron chi connectivity index (χ4n) is 3.13. The number of hydrogen-bond acceptors (Lipinski definition) is 5. The van der Waals surface area contributed by atoms with Crippen molar-refractivity contribution < 1.29 is 23.5 Å². The Bertz CT molecular complexity index is 1280. The molecule has 34 heavy (non-hydrogen) atoms. The largest absolute Gasteiger partial charge is 0.489 e. The van der Waals surface area contributed by atoms with Gasteiger partial charge in [-0.3, -0.25) is 19.3 Å². The van der Waals surface area contributed by atoms with E-state index in [-0.39, 0.29) is 17.3 Å². The van der Waals surface area contributed by atoms with Crippen LogP contribution in [-0.4, -0.2) is 28.5 Å². The zero-order valence-corrected chi connectivity index (χ0v) is 19.2. The first-order valence-corrected chi connectivity index (χ1v) is 11.4. The van der Waals surface area contributed by atoms with Crippen LogP contribution < -0.4 is 10.1 Å². The molecule has 0 aliphatic carbocycles. The first-order valence-electron chi connectivity index (χ1n) is 10.2. The molecule has 1 fully saturated rings. The summed E-state index contributed by atoms with van der Waals surface area (Å²) in [4.78, 5) is 38.5. The van der Waals surface area contributed by atoms with Gasteiger partial charge in [-0.05, 0) is 65.4 Å². The average Bonchev–Trinajstić information content (AvgIpc) is 3.08. The second kappa shape index (κ2) is 10.5. The Morgan fingerprint density at radius 3 is 2.59 bits per heavy atom. The third-order valence-electron chi connectivity index (χ3n) is 4.80. The Balaban J connectivity index is 1.40. The lowest BCUT2D eigenvalue weighted by atomic mass is 10.2. The summed E-state index contributed by atoms with van der Waals surface area (Å²) in [6.07, 6.45) is 1.57. The molecule has 1 saturated heterocycles. The normalized spacial score (nSPS) is 14.5. The van der Waals surface area contributed by atoms with Gasteiger partial charge in [0.05, 0.1) is 15.6 Å². The standard InChI is InChI=1S/C25H18ClFN2O4S/c26-20-6-1-2-7-21(20)28-23(30)14-29-24(31)22(34-25(29)32)13-17-4-3-5-19(12-17)33-15-16-8-10-18(27)11-9-16/h1-13H,14-15H2,(H,28,30)/b22-13+. The maximum absolute atomic E-state index is 13.0. The smallest absolute Gasteiger partial charge is 0.294 e. The molecule has 3 amide bonds. The van der Waals surface area contributed by atoms with Gasteiger partial charge in [0.1, 0.15) is 24.7 Å². The summed E-state index contributed by atoms with van der Waals surface area (Å²) in [6.45, 7) is -0.172. The second-order valence-electron chi connectivity index (χ2n) is 7.28. The van der Waals surface area contributed by atoms with Crippen molar-refractivity contribution in [1.29, 1.82) is 0 Å². The summed E-state index contributed by atoms with van der Waals surface area (Å²) in [6, 6.07) is 19.7. The van der Waals surface area contributed by atoms with E-state index in [0.29, 0.717) is 22.0 Å². The molecule has 0 radical (unpaired) electrons. The lowest BCUT2D eigenvalue weighted by molar-refractivity contribution is -0.127. The molecule has 172 valence electrons. The van der Waals surface area contributed by atoms with E-state index in [4.69, 9.17) is 16.3 Å². The van der Waals surface area contributed by atoms with E-state index in [1.807, 2.05) is 0 Å². The van der Waals surface area contributed by atoms with Crippen LogP contribution in [0.15, 0.2) is 77.7 Å². The number of para-hydroxylation sites is 1. The SMILES string of the molecule is O=C(CN1C(=O)S/C(=C/c2cccc(OCc3ccc(F)cc3)c2)C1=O)Nc1ccccc1Cl. The van der Waals surface area contributed by atoms with Gasteiger partial charge in [0, 0.05) is 0 Å². The predicted molar refractivity (Wildman–Crippen MR) is 130 cm³/mol. The molecule has 9 heteroatoms. The number of hydrogen-bond donors (Lipinski definition) is 1. The average molecular weight is 497 g/mol. The number of anilines is 1. The number of carbonyl (C=O) groups is 3. The highest BCUT2D eigenvalue weighted by Gasteiger charge is 2.36. The molecule has 3 aromatic carbocycles. The van der Waals surface area contributed by atoms with Gasteiger partial charge in [0.15, 0.2) is 0 Å². The lowest BCUT2D eigenvalue weighted by Crippen LogP contribution is -2.36. The maximum atomic E-state index is 13.0. The number of halogens is 2. The molecule has 1 aliphatic heterocycles. The first-order chi connectivity index (χ1) is 16.4. The minimum Gasteiger partial charge on any atom is -0.489 e. The Labute approximate surface area is 204 Å². The molecule has 1 heterocycles. The number of ether oxygens (including phenoxy) is 1. The molecule has 0 atom stereocenters. The van der Waals surface area contributed by atoms with Crippen LogP contribution in [0, 0.1) is 5.82 Å². The monoisotopic (exact) mass is 496 g/mol. The fraction of sp³-hybridized carbons (Fsp3) is 0.0800. The van der Waals surface area contributed by atoms with E-state index in [0.717, 1.165) is 22.2 Å². The number of benzene rings is 3. The van der Waals surface area contributed by atoms with E-state index in [1.54, 1.807) is 66.7 Å². The van der Waals surface area contributed by atoms with E-state index >= 15 is 0 Å². The Morgan fingerprint density at radius 1 is 1.06 bits per heavy atom. The molecule has 1 N–H and O–H groups in total. The quantitative estimate of drug-likeness (QED) is 0.422. The number of carbonyl (C=O) groups excluding carboxylic acids is 3. The highest BCUT2D eigenvalue weighted by Crippen LogP contribution is 2.32. The molecule has 0 unspecified atom stereocenters. The first kappa shape index (κ1) is 23.5. The van der Waals surface area contributed by atoms with Crippen LogP contribution in [0.5, 0.6) is 5.75 Å². The molecule has 1 aliphatic rings. The predicted octanol–water partition coefficient (Wildman–Crippen LogP) is 5.73. The molecule has 0 saturated carbocycles. The minimum absolute atomic E-state index is 0.200. The molecular weight excluding hydrogens is 479 g/mol. The van der Waals surface area contributed by atoms with Crippen LogP contribution in [0.1, 0.15) is 11.1 Å². The van der Waals surface area contributed by atoms with Crippen LogP contribution in [0.25, 0.3) is 6.08 Å². The topological polar surface area (TPSA) is 75.7 Å². The van der Waals surface area contributed by atoms with Gasteiger partial charge in [-0.2, -0.15) is 0 Å². The van der Waals surface area contributed by atoms with Gasteiger partial charge in [0.25, 0.3) is 11.1 Å². The Kier molecular flexibility index (Phi) is 7.30. The van der Waals surface area contributed by atoms with Gasteiger partial charge in [-0.25, -0.2) is 4.39 Å². The molecule has 4 rings (SSSR count). The van der Waals surface area contributed by atoms with Crippen molar-refractivity contribution in [1.82, 2.24) is 4.90 Å². The molecule has 0 spiro atoms. The molecule has 0 aromatic heterocycles. The summed E-state index contributed by atoms with van der Waals surface area (Å²) in [7, 11) is 0. The van der Waals surface area contributed by atoms with Crippen LogP contribution in [0.4, 0.5) is 14.9 Å². The summed E-state index contributed by atoms with van der Waals surface area (Å²) in [5.74, 6) is -0.854. The van der Waals surface area contributed by atoms with Crippen molar-refractivity contribution in [2.45, 2.75) is 6.61 Å². The number of nitrogens with zero attached hydrogens (tertiary/aromatic N) is 1. The summed E-state index contributed by atoms with van der Waals surface area (Å²) < 4.78 is 18.8. The summed E-state index contributed by atoms with van der Waals surface area (Å²) in [5, 5.41) is 2.42. The summed E-state index contributed by atoms with van der Waals surface area (Å²) >= 11 is 6.79. The number of rotatable bonds is 7. The number of imide groups is 1. The lowest BCUT2D eigenvalue weighted by Gasteiger charge is -2.13. The number of thioether (sulfide) groups is 1. The van der Waals surface area contributed by atoms with Gasteiger partial charge >= 0.3 is 0 Å². The van der Waals surface area contributed by atoms with Gasteiger partial charge < -0.3 is 10.1 Å².